The number of aromatic nitrogens is 4. The van der Waals surface area contributed by atoms with Crippen LogP contribution >= 0.6 is 11.3 Å². The fraction of sp³-hybridized carbons (Fsp3) is 0. The molecule has 7 aromatic carbocycles. The average molecular weight is 645 g/mol. The van der Waals surface area contributed by atoms with Crippen LogP contribution in [0.5, 0.6) is 0 Å². The molecule has 0 amide bonds. The predicted octanol–water partition coefficient (Wildman–Crippen LogP) is 11.6. The van der Waals surface area contributed by atoms with Crippen molar-refractivity contribution in [1.82, 2.24) is 19.9 Å². The molecule has 0 fully saturated rings. The van der Waals surface area contributed by atoms with Gasteiger partial charge in [0.15, 0.2) is 17.5 Å². The van der Waals surface area contributed by atoms with E-state index in [9.17, 15) is 0 Å². The van der Waals surface area contributed by atoms with Crippen molar-refractivity contribution < 1.29 is 0 Å². The Labute approximate surface area is 288 Å². The molecule has 0 bridgehead atoms. The molecule has 9 rings (SSSR count). The van der Waals surface area contributed by atoms with Crippen molar-refractivity contribution in [2.45, 2.75) is 0 Å². The van der Waals surface area contributed by atoms with Crippen molar-refractivity contribution >= 4 is 32.3 Å². The van der Waals surface area contributed by atoms with Gasteiger partial charge < -0.3 is 0 Å². The Balaban J connectivity index is 1.19. The average Bonchev–Trinajstić information content (AvgIpc) is 3.64. The van der Waals surface area contributed by atoms with Crippen LogP contribution in [-0.4, -0.2) is 19.9 Å². The highest BCUT2D eigenvalue weighted by atomic mass is 32.1. The highest BCUT2D eigenvalue weighted by Crippen LogP contribution is 2.41. The fourth-order valence-corrected chi connectivity index (χ4v) is 7.48. The topological polar surface area (TPSA) is 51.6 Å². The van der Waals surface area contributed by atoms with Crippen LogP contribution in [0.1, 0.15) is 0 Å². The summed E-state index contributed by atoms with van der Waals surface area (Å²) in [6, 6.07) is 58.6. The zero-order chi connectivity index (χ0) is 32.6. The van der Waals surface area contributed by atoms with Gasteiger partial charge in [-0.3, -0.25) is 0 Å². The van der Waals surface area contributed by atoms with E-state index in [1.54, 1.807) is 11.3 Å². The third-order valence-electron chi connectivity index (χ3n) is 8.81. The van der Waals surface area contributed by atoms with Crippen LogP contribution in [0.3, 0.4) is 0 Å². The highest BCUT2D eigenvalue weighted by Gasteiger charge is 2.18. The van der Waals surface area contributed by atoms with Gasteiger partial charge in [-0.1, -0.05) is 158 Å². The van der Waals surface area contributed by atoms with Gasteiger partial charge in [0.2, 0.25) is 0 Å². The van der Waals surface area contributed by atoms with Gasteiger partial charge in [0, 0.05) is 27.8 Å². The summed E-state index contributed by atoms with van der Waals surface area (Å²) in [6.45, 7) is 0. The molecule has 4 nitrogen and oxygen atoms in total. The molecule has 49 heavy (non-hydrogen) atoms. The molecule has 0 saturated heterocycles. The summed E-state index contributed by atoms with van der Waals surface area (Å²) < 4.78 is 1.17. The molecule has 230 valence electrons. The van der Waals surface area contributed by atoms with E-state index >= 15 is 0 Å². The SMILES string of the molecule is c1ccc(-c2ccc(-c3nc(-c4ccccc4)nc(-c4ccc(-c5cccc6nc(-c7ccccc7)sc56)c5ccccc45)n3)cc2)cc1. The molecule has 5 heteroatoms. The highest BCUT2D eigenvalue weighted by molar-refractivity contribution is 7.22. The van der Waals surface area contributed by atoms with Crippen LogP contribution in [0.25, 0.3) is 88.0 Å². The fourth-order valence-electron chi connectivity index (χ4n) is 6.38. The predicted molar refractivity (Wildman–Crippen MR) is 203 cm³/mol. The minimum absolute atomic E-state index is 0.638. The zero-order valence-corrected chi connectivity index (χ0v) is 27.2. The molecule has 0 aliphatic carbocycles. The van der Waals surface area contributed by atoms with Gasteiger partial charge >= 0.3 is 0 Å². The molecule has 0 aliphatic heterocycles. The van der Waals surface area contributed by atoms with Crippen LogP contribution in [0.4, 0.5) is 0 Å². The molecule has 2 heterocycles. The van der Waals surface area contributed by atoms with Gasteiger partial charge in [-0.2, -0.15) is 0 Å². The van der Waals surface area contributed by atoms with Crippen molar-refractivity contribution in [3.8, 4) is 67.0 Å². The second kappa shape index (κ2) is 12.4. The number of thiazole rings is 1. The van der Waals surface area contributed by atoms with E-state index in [-0.39, 0.29) is 0 Å². The summed E-state index contributed by atoms with van der Waals surface area (Å²) in [4.78, 5) is 20.2. The number of benzene rings is 7. The lowest BCUT2D eigenvalue weighted by atomic mass is 9.94. The van der Waals surface area contributed by atoms with Crippen molar-refractivity contribution in [2.24, 2.45) is 0 Å². The first-order valence-electron chi connectivity index (χ1n) is 16.2. The van der Waals surface area contributed by atoms with Crippen molar-refractivity contribution in [1.29, 1.82) is 0 Å². The maximum atomic E-state index is 5.11. The number of rotatable bonds is 6. The molecule has 0 spiro atoms. The maximum Gasteiger partial charge on any atom is 0.164 e. The Bertz CT molecular complexity index is 2580. The molecule has 0 N–H and O–H groups in total. The maximum absolute atomic E-state index is 5.11. The quantitative estimate of drug-likeness (QED) is 0.181. The Kier molecular flexibility index (Phi) is 7.30. The van der Waals surface area contributed by atoms with E-state index in [2.05, 4.69) is 127 Å². The minimum Gasteiger partial charge on any atom is -0.236 e. The van der Waals surface area contributed by atoms with E-state index in [1.807, 2.05) is 42.5 Å². The molecule has 0 aliphatic rings. The lowest BCUT2D eigenvalue weighted by molar-refractivity contribution is 1.08. The summed E-state index contributed by atoms with van der Waals surface area (Å²) >= 11 is 1.74. The Morgan fingerprint density at radius 1 is 0.306 bits per heavy atom. The summed E-state index contributed by atoms with van der Waals surface area (Å²) in [5, 5.41) is 3.24. The molecule has 9 aromatic rings. The number of nitrogens with zero attached hydrogens (tertiary/aromatic N) is 4. The molecule has 0 unspecified atom stereocenters. The molecule has 0 saturated carbocycles. The third-order valence-corrected chi connectivity index (χ3v) is 9.96. The second-order valence-electron chi connectivity index (χ2n) is 11.9. The van der Waals surface area contributed by atoms with E-state index in [1.165, 1.54) is 15.8 Å². The first kappa shape index (κ1) is 28.9. The van der Waals surface area contributed by atoms with E-state index in [0.717, 1.165) is 54.7 Å². The van der Waals surface area contributed by atoms with E-state index in [4.69, 9.17) is 19.9 Å². The van der Waals surface area contributed by atoms with Crippen LogP contribution in [0, 0.1) is 0 Å². The second-order valence-corrected chi connectivity index (χ2v) is 12.9. The molecule has 0 radical (unpaired) electrons. The Morgan fingerprint density at radius 3 is 1.47 bits per heavy atom. The molecular weight excluding hydrogens is 617 g/mol. The monoisotopic (exact) mass is 644 g/mol. The van der Waals surface area contributed by atoms with Gasteiger partial charge in [-0.15, -0.1) is 11.3 Å². The van der Waals surface area contributed by atoms with Crippen molar-refractivity contribution in [3.05, 3.63) is 170 Å². The number of hydrogen-bond donors (Lipinski definition) is 0. The first-order chi connectivity index (χ1) is 24.3. The van der Waals surface area contributed by atoms with E-state index in [0.29, 0.717) is 17.5 Å². The van der Waals surface area contributed by atoms with Crippen LogP contribution in [0.2, 0.25) is 0 Å². The molecule has 0 atom stereocenters. The summed E-state index contributed by atoms with van der Waals surface area (Å²) in [7, 11) is 0. The van der Waals surface area contributed by atoms with Gasteiger partial charge in [0.1, 0.15) is 5.01 Å². The minimum atomic E-state index is 0.638. The standard InChI is InChI=1S/C44H28N4S/c1-4-13-29(14-5-1)30-23-25-32(26-24-30)42-46-41(31-15-6-2-7-16-31)47-43(48-42)38-28-27-36(34-19-10-11-20-35(34)38)37-21-12-22-39-40(37)49-44(45-39)33-17-8-3-9-18-33/h1-28H. The number of hydrogen-bond acceptors (Lipinski definition) is 5. The largest absolute Gasteiger partial charge is 0.236 e. The smallest absolute Gasteiger partial charge is 0.164 e. The van der Waals surface area contributed by atoms with Crippen molar-refractivity contribution in [3.63, 3.8) is 0 Å². The first-order valence-corrected chi connectivity index (χ1v) is 17.0. The lowest BCUT2D eigenvalue weighted by Crippen LogP contribution is -2.00. The van der Waals surface area contributed by atoms with Gasteiger partial charge in [-0.25, -0.2) is 19.9 Å². The van der Waals surface area contributed by atoms with Gasteiger partial charge in [0.05, 0.1) is 10.2 Å². The zero-order valence-electron chi connectivity index (χ0n) is 26.4. The van der Waals surface area contributed by atoms with Crippen LogP contribution in [-0.2, 0) is 0 Å². The normalized spacial score (nSPS) is 11.3. The van der Waals surface area contributed by atoms with Gasteiger partial charge in [-0.05, 0) is 39.6 Å². The van der Waals surface area contributed by atoms with E-state index < -0.39 is 0 Å². The van der Waals surface area contributed by atoms with Crippen LogP contribution in [0.15, 0.2) is 170 Å². The van der Waals surface area contributed by atoms with Crippen LogP contribution < -0.4 is 0 Å². The third kappa shape index (κ3) is 5.46. The molecular formula is C44H28N4S. The lowest BCUT2D eigenvalue weighted by Gasteiger charge is -2.13. The van der Waals surface area contributed by atoms with Crippen molar-refractivity contribution in [2.75, 3.05) is 0 Å². The Hall–Kier alpha value is -6.30. The van der Waals surface area contributed by atoms with Gasteiger partial charge in [0.25, 0.3) is 0 Å². The molecule has 2 aromatic heterocycles. The summed E-state index contributed by atoms with van der Waals surface area (Å²) in [5.41, 5.74) is 9.62. The summed E-state index contributed by atoms with van der Waals surface area (Å²) in [6.07, 6.45) is 0. The summed E-state index contributed by atoms with van der Waals surface area (Å²) in [5.74, 6) is 1.92. The Morgan fingerprint density at radius 2 is 0.796 bits per heavy atom. The number of fused-ring (bicyclic) bond motifs is 2.